The highest BCUT2D eigenvalue weighted by Gasteiger charge is 2.12. The van der Waals surface area contributed by atoms with Crippen molar-refractivity contribution in [3.8, 4) is 11.3 Å². The van der Waals surface area contributed by atoms with Gasteiger partial charge in [0.15, 0.2) is 5.76 Å². The molecule has 0 aliphatic carbocycles. The van der Waals surface area contributed by atoms with E-state index in [4.69, 9.17) is 4.42 Å². The average molecular weight is 296 g/mol. The predicted octanol–water partition coefficient (Wildman–Crippen LogP) is 3.41. The summed E-state index contributed by atoms with van der Waals surface area (Å²) in [6.45, 7) is 0.397. The molecule has 5 heteroatoms. The normalized spacial score (nSPS) is 10.4. The van der Waals surface area contributed by atoms with E-state index in [-0.39, 0.29) is 17.5 Å². The van der Waals surface area contributed by atoms with Gasteiger partial charge in [0.2, 0.25) is 0 Å². The lowest BCUT2D eigenvalue weighted by atomic mass is 10.2. The molecule has 1 aromatic carbocycles. The predicted molar refractivity (Wildman–Crippen MR) is 79.5 cm³/mol. The minimum absolute atomic E-state index is 0.216. The highest BCUT2D eigenvalue weighted by atomic mass is 19.1. The van der Waals surface area contributed by atoms with Gasteiger partial charge in [-0.15, -0.1) is 0 Å². The second-order valence-corrected chi connectivity index (χ2v) is 4.71. The van der Waals surface area contributed by atoms with Crippen LogP contribution in [-0.2, 0) is 6.54 Å². The number of carbonyl (C=O) groups excluding carboxylic acids is 1. The number of amides is 1. The number of pyridine rings is 1. The highest BCUT2D eigenvalue weighted by Crippen LogP contribution is 2.22. The van der Waals surface area contributed by atoms with Crippen LogP contribution in [0.15, 0.2) is 65.3 Å². The SMILES string of the molecule is O=C(NCc1ccncc1)c1ccc(-c2ccc(F)cc2)o1. The molecule has 0 aliphatic rings. The maximum Gasteiger partial charge on any atom is 0.287 e. The zero-order valence-corrected chi connectivity index (χ0v) is 11.6. The Kier molecular flexibility index (Phi) is 3.96. The zero-order chi connectivity index (χ0) is 15.4. The van der Waals surface area contributed by atoms with Gasteiger partial charge < -0.3 is 9.73 Å². The standard InChI is InChI=1S/C17H13FN2O2/c18-14-3-1-13(2-4-14)15-5-6-16(22-15)17(21)20-11-12-7-9-19-10-8-12/h1-10H,11H2,(H,20,21). The Labute approximate surface area is 126 Å². The summed E-state index contributed by atoms with van der Waals surface area (Å²) in [7, 11) is 0. The number of nitrogens with one attached hydrogen (secondary N) is 1. The average Bonchev–Trinajstić information content (AvgIpc) is 3.04. The molecule has 0 saturated heterocycles. The Morgan fingerprint density at radius 3 is 2.50 bits per heavy atom. The number of benzene rings is 1. The van der Waals surface area contributed by atoms with Crippen LogP contribution in [-0.4, -0.2) is 10.9 Å². The summed E-state index contributed by atoms with van der Waals surface area (Å²) in [6, 6.07) is 12.8. The molecule has 0 radical (unpaired) electrons. The third-order valence-electron chi connectivity index (χ3n) is 3.16. The summed E-state index contributed by atoms with van der Waals surface area (Å²) in [5.41, 5.74) is 1.67. The molecule has 3 rings (SSSR count). The lowest BCUT2D eigenvalue weighted by Crippen LogP contribution is -2.22. The molecule has 0 fully saturated rings. The van der Waals surface area contributed by atoms with Gasteiger partial charge in [0.25, 0.3) is 5.91 Å². The first-order chi connectivity index (χ1) is 10.7. The van der Waals surface area contributed by atoms with Crippen molar-refractivity contribution in [2.45, 2.75) is 6.54 Å². The van der Waals surface area contributed by atoms with Crippen molar-refractivity contribution in [3.05, 3.63) is 78.1 Å². The van der Waals surface area contributed by atoms with Crippen LogP contribution in [0.2, 0.25) is 0 Å². The van der Waals surface area contributed by atoms with Gasteiger partial charge in [0, 0.05) is 24.5 Å². The van der Waals surface area contributed by atoms with Gasteiger partial charge >= 0.3 is 0 Å². The number of hydrogen-bond donors (Lipinski definition) is 1. The second kappa shape index (κ2) is 6.22. The Morgan fingerprint density at radius 1 is 1.05 bits per heavy atom. The first-order valence-electron chi connectivity index (χ1n) is 6.75. The Bertz CT molecular complexity index is 767. The van der Waals surface area contributed by atoms with Crippen molar-refractivity contribution in [1.29, 1.82) is 0 Å². The number of nitrogens with zero attached hydrogens (tertiary/aromatic N) is 1. The van der Waals surface area contributed by atoms with E-state index in [1.54, 1.807) is 36.7 Å². The van der Waals surface area contributed by atoms with Crippen molar-refractivity contribution in [1.82, 2.24) is 10.3 Å². The second-order valence-electron chi connectivity index (χ2n) is 4.71. The quantitative estimate of drug-likeness (QED) is 0.802. The van der Waals surface area contributed by atoms with Crippen LogP contribution < -0.4 is 5.32 Å². The Balaban J connectivity index is 1.68. The van der Waals surface area contributed by atoms with Crippen LogP contribution >= 0.6 is 0 Å². The van der Waals surface area contributed by atoms with Crippen LogP contribution in [0, 0.1) is 5.82 Å². The van der Waals surface area contributed by atoms with E-state index in [0.29, 0.717) is 12.3 Å². The van der Waals surface area contributed by atoms with E-state index in [0.717, 1.165) is 11.1 Å². The molecular formula is C17H13FN2O2. The number of hydrogen-bond acceptors (Lipinski definition) is 3. The third-order valence-corrected chi connectivity index (χ3v) is 3.16. The first-order valence-corrected chi connectivity index (χ1v) is 6.75. The topological polar surface area (TPSA) is 55.1 Å². The first kappa shape index (κ1) is 14.0. The minimum atomic E-state index is -0.314. The highest BCUT2D eigenvalue weighted by molar-refractivity contribution is 5.92. The molecule has 110 valence electrons. The molecule has 2 aromatic heterocycles. The molecule has 1 N–H and O–H groups in total. The Morgan fingerprint density at radius 2 is 1.77 bits per heavy atom. The summed E-state index contributed by atoms with van der Waals surface area (Å²) < 4.78 is 18.4. The van der Waals surface area contributed by atoms with Gasteiger partial charge in [-0.2, -0.15) is 0 Å². The summed E-state index contributed by atoms with van der Waals surface area (Å²) >= 11 is 0. The maximum absolute atomic E-state index is 12.9. The number of furan rings is 1. The van der Waals surface area contributed by atoms with E-state index in [1.165, 1.54) is 12.1 Å². The number of aromatic nitrogens is 1. The van der Waals surface area contributed by atoms with Crippen LogP contribution in [0.4, 0.5) is 4.39 Å². The fourth-order valence-corrected chi connectivity index (χ4v) is 2.00. The zero-order valence-electron chi connectivity index (χ0n) is 11.6. The summed E-state index contributed by atoms with van der Waals surface area (Å²) in [6.07, 6.45) is 3.34. The van der Waals surface area contributed by atoms with Gasteiger partial charge in [0.05, 0.1) is 0 Å². The number of rotatable bonds is 4. The summed E-state index contributed by atoms with van der Waals surface area (Å²) in [5.74, 6) is 0.123. The van der Waals surface area contributed by atoms with Crippen LogP contribution in [0.5, 0.6) is 0 Å². The monoisotopic (exact) mass is 296 g/mol. The van der Waals surface area contributed by atoms with Crippen molar-refractivity contribution in [2.24, 2.45) is 0 Å². The van der Waals surface area contributed by atoms with Gasteiger partial charge in [-0.05, 0) is 54.1 Å². The smallest absolute Gasteiger partial charge is 0.287 e. The minimum Gasteiger partial charge on any atom is -0.451 e. The van der Waals surface area contributed by atoms with Gasteiger partial charge in [-0.3, -0.25) is 9.78 Å². The lowest BCUT2D eigenvalue weighted by Gasteiger charge is -2.03. The van der Waals surface area contributed by atoms with Crippen LogP contribution in [0.25, 0.3) is 11.3 Å². The van der Waals surface area contributed by atoms with Crippen molar-refractivity contribution in [2.75, 3.05) is 0 Å². The molecule has 0 aliphatic heterocycles. The molecular weight excluding hydrogens is 283 g/mol. The van der Waals surface area contributed by atoms with Gasteiger partial charge in [0.1, 0.15) is 11.6 Å². The molecule has 3 aromatic rings. The fraction of sp³-hybridized carbons (Fsp3) is 0.0588. The van der Waals surface area contributed by atoms with Crippen LogP contribution in [0.3, 0.4) is 0 Å². The molecule has 4 nitrogen and oxygen atoms in total. The molecule has 2 heterocycles. The number of carbonyl (C=O) groups is 1. The van der Waals surface area contributed by atoms with E-state index in [2.05, 4.69) is 10.3 Å². The van der Waals surface area contributed by atoms with Gasteiger partial charge in [-0.1, -0.05) is 0 Å². The fourth-order valence-electron chi connectivity index (χ4n) is 2.00. The molecule has 22 heavy (non-hydrogen) atoms. The van der Waals surface area contributed by atoms with E-state index in [1.807, 2.05) is 12.1 Å². The lowest BCUT2D eigenvalue weighted by molar-refractivity contribution is 0.0924. The van der Waals surface area contributed by atoms with Crippen molar-refractivity contribution < 1.29 is 13.6 Å². The van der Waals surface area contributed by atoms with Crippen LogP contribution in [0.1, 0.15) is 16.1 Å². The molecule has 0 unspecified atom stereocenters. The van der Waals surface area contributed by atoms with E-state index in [9.17, 15) is 9.18 Å². The largest absolute Gasteiger partial charge is 0.451 e. The van der Waals surface area contributed by atoms with E-state index >= 15 is 0 Å². The molecule has 0 atom stereocenters. The molecule has 0 bridgehead atoms. The number of halogens is 1. The molecule has 0 saturated carbocycles. The Hall–Kier alpha value is -2.95. The maximum atomic E-state index is 12.9. The van der Waals surface area contributed by atoms with Crippen molar-refractivity contribution in [3.63, 3.8) is 0 Å². The van der Waals surface area contributed by atoms with E-state index < -0.39 is 0 Å². The molecule has 0 spiro atoms. The van der Waals surface area contributed by atoms with Gasteiger partial charge in [-0.25, -0.2) is 4.39 Å². The van der Waals surface area contributed by atoms with Crippen molar-refractivity contribution >= 4 is 5.91 Å². The summed E-state index contributed by atoms with van der Waals surface area (Å²) in [4.78, 5) is 16.0. The third kappa shape index (κ3) is 3.20. The summed E-state index contributed by atoms with van der Waals surface area (Å²) in [5, 5.41) is 2.77. The molecule has 1 amide bonds.